The molecule has 2 unspecified atom stereocenters. The maximum Gasteiger partial charge on any atom is 0.255 e. The molecule has 1 saturated carbocycles. The van der Waals surface area contributed by atoms with E-state index >= 15 is 0 Å². The van der Waals surface area contributed by atoms with E-state index < -0.39 is 5.82 Å². The lowest BCUT2D eigenvalue weighted by Gasteiger charge is -2.20. The fraction of sp³-hybridized carbons (Fsp3) is 0.462. The molecule has 0 aromatic heterocycles. The van der Waals surface area contributed by atoms with Gasteiger partial charge in [0.05, 0.1) is 5.56 Å². The molecule has 106 valence electrons. The smallest absolute Gasteiger partial charge is 0.255 e. The Morgan fingerprint density at radius 2 is 2.21 bits per heavy atom. The highest BCUT2D eigenvalue weighted by atomic mass is 127. The molecule has 2 rings (SSSR count). The Morgan fingerprint density at radius 3 is 2.84 bits per heavy atom. The van der Waals surface area contributed by atoms with Crippen molar-refractivity contribution in [3.8, 4) is 0 Å². The van der Waals surface area contributed by atoms with Gasteiger partial charge in [0.25, 0.3) is 5.91 Å². The first kappa shape index (κ1) is 16.7. The monoisotopic (exact) mass is 398 g/mol. The Morgan fingerprint density at radius 1 is 1.47 bits per heavy atom. The molecule has 1 fully saturated rings. The van der Waals surface area contributed by atoms with Crippen molar-refractivity contribution >= 4 is 40.9 Å². The van der Waals surface area contributed by atoms with E-state index in [2.05, 4.69) is 5.32 Å². The summed E-state index contributed by atoms with van der Waals surface area (Å²) in [6.07, 6.45) is 3.04. The zero-order valence-electron chi connectivity index (χ0n) is 10.4. The largest absolute Gasteiger partial charge is 0.349 e. The zero-order valence-corrected chi connectivity index (χ0v) is 13.3. The predicted octanol–water partition coefficient (Wildman–Crippen LogP) is 2.71. The summed E-state index contributed by atoms with van der Waals surface area (Å²) in [7, 11) is 0. The molecular weight excluding hydrogens is 382 g/mol. The van der Waals surface area contributed by atoms with Gasteiger partial charge in [-0.25, -0.2) is 4.39 Å². The molecule has 6 heteroatoms. The maximum atomic E-state index is 13.7. The molecule has 0 bridgehead atoms. The summed E-state index contributed by atoms with van der Waals surface area (Å²) in [5.74, 6) is -0.483. The fourth-order valence-corrected chi connectivity index (χ4v) is 3.17. The summed E-state index contributed by atoms with van der Waals surface area (Å²) in [6.45, 7) is 0.569. The topological polar surface area (TPSA) is 55.1 Å². The van der Waals surface area contributed by atoms with E-state index in [1.807, 2.05) is 22.6 Å². The van der Waals surface area contributed by atoms with Crippen LogP contribution >= 0.6 is 35.0 Å². The Hall–Kier alpha value is -0.400. The Labute approximate surface area is 132 Å². The SMILES string of the molecule is Cl.NCC1CCCC1NC(=O)c1c(F)cccc1I. The molecule has 1 amide bonds. The number of benzene rings is 1. The van der Waals surface area contributed by atoms with Gasteiger partial charge in [-0.15, -0.1) is 12.4 Å². The van der Waals surface area contributed by atoms with Crippen molar-refractivity contribution in [1.82, 2.24) is 5.32 Å². The number of nitrogens with two attached hydrogens (primary N) is 1. The van der Waals surface area contributed by atoms with Crippen LogP contribution in [0.15, 0.2) is 18.2 Å². The van der Waals surface area contributed by atoms with Crippen LogP contribution in [-0.4, -0.2) is 18.5 Å². The van der Waals surface area contributed by atoms with Gasteiger partial charge in [0.2, 0.25) is 0 Å². The lowest BCUT2D eigenvalue weighted by molar-refractivity contribution is 0.0923. The lowest BCUT2D eigenvalue weighted by Crippen LogP contribution is -2.40. The third kappa shape index (κ3) is 3.79. The molecule has 1 aromatic carbocycles. The second kappa shape index (κ2) is 7.40. The summed E-state index contributed by atoms with van der Waals surface area (Å²) in [4.78, 5) is 12.1. The molecule has 0 saturated heterocycles. The molecule has 3 nitrogen and oxygen atoms in total. The van der Waals surface area contributed by atoms with E-state index in [1.165, 1.54) is 6.07 Å². The van der Waals surface area contributed by atoms with E-state index in [-0.39, 0.29) is 29.9 Å². The van der Waals surface area contributed by atoms with Gasteiger partial charge in [-0.05, 0) is 60.0 Å². The summed E-state index contributed by atoms with van der Waals surface area (Å²) >= 11 is 1.98. The van der Waals surface area contributed by atoms with E-state index in [0.717, 1.165) is 19.3 Å². The molecule has 3 N–H and O–H groups in total. The number of amides is 1. The fourth-order valence-electron chi connectivity index (χ4n) is 2.46. The van der Waals surface area contributed by atoms with Crippen LogP contribution in [-0.2, 0) is 0 Å². The van der Waals surface area contributed by atoms with Crippen LogP contribution in [0.5, 0.6) is 0 Å². The zero-order chi connectivity index (χ0) is 13.1. The van der Waals surface area contributed by atoms with Crippen LogP contribution in [0, 0.1) is 15.3 Å². The first-order valence-corrected chi connectivity index (χ1v) is 7.16. The average molecular weight is 399 g/mol. The number of nitrogens with one attached hydrogen (secondary N) is 1. The number of hydrogen-bond acceptors (Lipinski definition) is 2. The number of halogens is 3. The van der Waals surface area contributed by atoms with Gasteiger partial charge in [0.15, 0.2) is 0 Å². The van der Waals surface area contributed by atoms with Gasteiger partial charge >= 0.3 is 0 Å². The van der Waals surface area contributed by atoms with E-state index in [0.29, 0.717) is 16.0 Å². The highest BCUT2D eigenvalue weighted by molar-refractivity contribution is 14.1. The van der Waals surface area contributed by atoms with Crippen LogP contribution in [0.3, 0.4) is 0 Å². The molecule has 1 aromatic rings. The molecule has 1 aliphatic carbocycles. The summed E-state index contributed by atoms with van der Waals surface area (Å²) < 4.78 is 14.3. The molecule has 1 aliphatic rings. The van der Waals surface area contributed by atoms with Crippen LogP contribution in [0.4, 0.5) is 4.39 Å². The van der Waals surface area contributed by atoms with Gasteiger partial charge < -0.3 is 11.1 Å². The summed E-state index contributed by atoms with van der Waals surface area (Å²) in [6, 6.07) is 4.73. The molecule has 19 heavy (non-hydrogen) atoms. The standard InChI is InChI=1S/C13H16FIN2O.ClH/c14-9-4-2-5-10(15)12(9)13(18)17-11-6-1-3-8(11)7-16;/h2,4-5,8,11H,1,3,6-7,16H2,(H,17,18);1H. The van der Waals surface area contributed by atoms with E-state index in [9.17, 15) is 9.18 Å². The van der Waals surface area contributed by atoms with Gasteiger partial charge in [-0.3, -0.25) is 4.79 Å². The molecule has 0 spiro atoms. The van der Waals surface area contributed by atoms with Crippen molar-refractivity contribution in [3.05, 3.63) is 33.1 Å². The first-order valence-electron chi connectivity index (χ1n) is 6.08. The first-order chi connectivity index (χ1) is 8.63. The quantitative estimate of drug-likeness (QED) is 0.769. The van der Waals surface area contributed by atoms with Crippen molar-refractivity contribution in [2.75, 3.05) is 6.54 Å². The second-order valence-electron chi connectivity index (χ2n) is 4.60. The number of carbonyl (C=O) groups is 1. The number of carbonyl (C=O) groups excluding carboxylic acids is 1. The minimum atomic E-state index is -0.471. The van der Waals surface area contributed by atoms with Crippen molar-refractivity contribution in [3.63, 3.8) is 0 Å². The summed E-state index contributed by atoms with van der Waals surface area (Å²) in [5, 5.41) is 2.91. The van der Waals surface area contributed by atoms with Crippen LogP contribution in [0.25, 0.3) is 0 Å². The highest BCUT2D eigenvalue weighted by Crippen LogP contribution is 2.25. The number of hydrogen-bond donors (Lipinski definition) is 2. The second-order valence-corrected chi connectivity index (χ2v) is 5.77. The Bertz CT molecular complexity index is 438. The van der Waals surface area contributed by atoms with Crippen molar-refractivity contribution in [2.45, 2.75) is 25.3 Å². The van der Waals surface area contributed by atoms with E-state index in [4.69, 9.17) is 5.73 Å². The van der Waals surface area contributed by atoms with Gasteiger partial charge in [0, 0.05) is 9.61 Å². The van der Waals surface area contributed by atoms with Gasteiger partial charge in [-0.2, -0.15) is 0 Å². The highest BCUT2D eigenvalue weighted by Gasteiger charge is 2.28. The third-order valence-electron chi connectivity index (χ3n) is 3.47. The lowest BCUT2D eigenvalue weighted by atomic mass is 10.0. The van der Waals surface area contributed by atoms with Crippen LogP contribution in [0.2, 0.25) is 0 Å². The van der Waals surface area contributed by atoms with Gasteiger partial charge in [0.1, 0.15) is 5.82 Å². The molecule has 0 radical (unpaired) electrons. The Kier molecular flexibility index (Phi) is 6.49. The predicted molar refractivity (Wildman–Crippen MR) is 84.0 cm³/mol. The minimum Gasteiger partial charge on any atom is -0.349 e. The molecular formula is C13H17ClFIN2O. The van der Waals surface area contributed by atoms with Crippen LogP contribution in [0.1, 0.15) is 29.6 Å². The van der Waals surface area contributed by atoms with Crippen molar-refractivity contribution < 1.29 is 9.18 Å². The normalized spacial score (nSPS) is 21.8. The molecule has 0 aliphatic heterocycles. The molecule has 2 atom stereocenters. The Balaban J connectivity index is 0.00000180. The summed E-state index contributed by atoms with van der Waals surface area (Å²) in [5.41, 5.74) is 5.81. The average Bonchev–Trinajstić information content (AvgIpc) is 2.76. The van der Waals surface area contributed by atoms with Crippen molar-refractivity contribution in [2.24, 2.45) is 11.7 Å². The maximum absolute atomic E-state index is 13.7. The third-order valence-corrected chi connectivity index (χ3v) is 4.37. The minimum absolute atomic E-state index is 0. The molecule has 0 heterocycles. The van der Waals surface area contributed by atoms with Crippen molar-refractivity contribution in [1.29, 1.82) is 0 Å². The van der Waals surface area contributed by atoms with Crippen LogP contribution < -0.4 is 11.1 Å². The van der Waals surface area contributed by atoms with Gasteiger partial charge in [-0.1, -0.05) is 12.5 Å². The number of rotatable bonds is 3. The van der Waals surface area contributed by atoms with E-state index in [1.54, 1.807) is 12.1 Å².